The molecule has 0 atom stereocenters. The second-order valence-corrected chi connectivity index (χ2v) is 38.4. The predicted molar refractivity (Wildman–Crippen MR) is 55.2 cm³/mol. The molecule has 0 amide bonds. The summed E-state index contributed by atoms with van der Waals surface area (Å²) in [6.45, 7) is 0. The number of hydrogen-bond donors (Lipinski definition) is 0. The number of hydrogen-bond acceptors (Lipinski definition) is 5. The molecular formula is S5Se2Te. The minimum atomic E-state index is 0.515. The molecule has 0 aromatic heterocycles. The van der Waals surface area contributed by atoms with Gasteiger partial charge in [0.15, 0.2) is 0 Å². The van der Waals surface area contributed by atoms with E-state index in [2.05, 4.69) is 18.4 Å². The first kappa shape index (κ1) is 9.66. The van der Waals surface area contributed by atoms with E-state index in [4.69, 9.17) is 0 Å². The Labute approximate surface area is 83.8 Å². The first-order valence-corrected chi connectivity index (χ1v) is 22.8. The molecular weight excluding hydrogens is 446 g/mol. The Morgan fingerprint density at radius 2 is 1.50 bits per heavy atom. The molecule has 0 bridgehead atoms. The second-order valence-electron chi connectivity index (χ2n) is 0.544. The summed E-state index contributed by atoms with van der Waals surface area (Å²) in [7, 11) is 12.1. The summed E-state index contributed by atoms with van der Waals surface area (Å²) >= 11 is 0.515. The minimum absolute atomic E-state index is 0.515. The van der Waals surface area contributed by atoms with Gasteiger partial charge in [-0.1, -0.05) is 0 Å². The topological polar surface area (TPSA) is 0 Å². The first-order chi connectivity index (χ1) is 4.00. The third-order valence-electron chi connectivity index (χ3n) is 0.222. The van der Waals surface area contributed by atoms with Crippen LogP contribution < -0.4 is 0 Å². The molecule has 8 heteroatoms. The fourth-order valence-electron chi connectivity index (χ4n) is 0.0907. The van der Waals surface area contributed by atoms with E-state index in [1.165, 1.54) is 0 Å². The van der Waals surface area contributed by atoms with Gasteiger partial charge >= 0.3 is 85.7 Å². The zero-order valence-corrected chi connectivity index (χ0v) is 13.1. The van der Waals surface area contributed by atoms with Crippen LogP contribution in [0.15, 0.2) is 0 Å². The molecule has 0 radical (unpaired) electrons. The van der Waals surface area contributed by atoms with Crippen LogP contribution in [0.5, 0.6) is 0 Å². The Kier molecular flexibility index (Phi) is 8.75. The van der Waals surface area contributed by atoms with E-state index >= 15 is 0 Å². The van der Waals surface area contributed by atoms with Crippen molar-refractivity contribution in [2.45, 2.75) is 0 Å². The van der Waals surface area contributed by atoms with Crippen molar-refractivity contribution in [1.82, 2.24) is 0 Å². The van der Waals surface area contributed by atoms with E-state index in [0.717, 1.165) is 21.3 Å². The average Bonchev–Trinajstić information content (AvgIpc) is 1.62. The van der Waals surface area contributed by atoms with Crippen LogP contribution in [-0.4, -0.2) is 37.8 Å². The van der Waals surface area contributed by atoms with E-state index < -0.39 is 0 Å². The standard InChI is InChI=1S/S5Se2Te/c1-2-4-6-8-7-5-3-1. The summed E-state index contributed by atoms with van der Waals surface area (Å²) in [5.41, 5.74) is 0. The Hall–Kier alpha value is 3.58. The van der Waals surface area contributed by atoms with Gasteiger partial charge in [0.2, 0.25) is 0 Å². The molecule has 0 nitrogen and oxygen atoms in total. The van der Waals surface area contributed by atoms with E-state index in [1.807, 2.05) is 29.5 Å². The Balaban J connectivity index is 2.00. The molecule has 1 rings (SSSR count). The maximum atomic E-state index is 2.11. The van der Waals surface area contributed by atoms with Gasteiger partial charge in [0.25, 0.3) is 0 Å². The predicted octanol–water partition coefficient (Wildman–Crippen LogP) is 2.10. The maximum absolute atomic E-state index is 2.11. The molecule has 1 saturated heterocycles. The van der Waals surface area contributed by atoms with Gasteiger partial charge in [-0.25, -0.2) is 0 Å². The van der Waals surface area contributed by atoms with Crippen LogP contribution in [0.2, 0.25) is 0 Å². The van der Waals surface area contributed by atoms with Gasteiger partial charge < -0.3 is 0 Å². The molecule has 48 valence electrons. The summed E-state index contributed by atoms with van der Waals surface area (Å²) in [6, 6.07) is 0. The van der Waals surface area contributed by atoms with Crippen molar-refractivity contribution in [3.05, 3.63) is 0 Å². The van der Waals surface area contributed by atoms with Gasteiger partial charge in [-0.05, 0) is 0 Å². The van der Waals surface area contributed by atoms with Gasteiger partial charge in [0.05, 0.1) is 0 Å². The summed E-state index contributed by atoms with van der Waals surface area (Å²) in [5, 5.41) is 0. The molecule has 0 N–H and O–H groups in total. The van der Waals surface area contributed by atoms with Gasteiger partial charge in [-0.2, -0.15) is 0 Å². The van der Waals surface area contributed by atoms with Crippen LogP contribution in [0.3, 0.4) is 0 Å². The molecule has 0 aliphatic carbocycles. The second kappa shape index (κ2) is 7.24. The first-order valence-electron chi connectivity index (χ1n) is 1.33. The summed E-state index contributed by atoms with van der Waals surface area (Å²) in [6.07, 6.45) is 0. The average molecular weight is 446 g/mol. The van der Waals surface area contributed by atoms with Crippen molar-refractivity contribution < 1.29 is 0 Å². The van der Waals surface area contributed by atoms with E-state index in [0.29, 0.717) is 16.5 Å². The summed E-state index contributed by atoms with van der Waals surface area (Å²) in [5.74, 6) is 0. The van der Waals surface area contributed by atoms with Crippen LogP contribution in [0.4, 0.5) is 0 Å². The third-order valence-corrected chi connectivity index (χ3v) is 59.9. The van der Waals surface area contributed by atoms with E-state index in [1.54, 1.807) is 0 Å². The Morgan fingerprint density at radius 1 is 0.875 bits per heavy atom. The molecule has 0 saturated carbocycles. The molecule has 1 fully saturated rings. The SMILES string of the molecule is S1SS[Se][Te][Se]SS1. The molecule has 1 aliphatic rings. The van der Waals surface area contributed by atoms with Crippen molar-refractivity contribution in [1.29, 1.82) is 0 Å². The van der Waals surface area contributed by atoms with Crippen LogP contribution in [0, 0.1) is 0 Å². The summed E-state index contributed by atoms with van der Waals surface area (Å²) in [4.78, 5) is 0. The molecule has 0 unspecified atom stereocenters. The van der Waals surface area contributed by atoms with Gasteiger partial charge in [0.1, 0.15) is 0 Å². The van der Waals surface area contributed by atoms with Crippen molar-refractivity contribution in [3.63, 3.8) is 0 Å². The molecule has 1 aliphatic heterocycles. The zero-order valence-electron chi connectivity index (χ0n) is 3.27. The quantitative estimate of drug-likeness (QED) is 0.412. The van der Waals surface area contributed by atoms with Gasteiger partial charge in [-0.15, -0.1) is 0 Å². The number of rotatable bonds is 0. The fourth-order valence-corrected chi connectivity index (χ4v) is 89.1. The third kappa shape index (κ3) is 5.26. The van der Waals surface area contributed by atoms with Crippen LogP contribution in [0.1, 0.15) is 0 Å². The van der Waals surface area contributed by atoms with Crippen LogP contribution in [-0.2, 0) is 0 Å². The van der Waals surface area contributed by atoms with E-state index in [-0.39, 0.29) is 0 Å². The fraction of sp³-hybridized carbons (Fsp3) is 0. The Morgan fingerprint density at radius 3 is 2.12 bits per heavy atom. The van der Waals surface area contributed by atoms with Gasteiger partial charge in [-0.3, -0.25) is 0 Å². The normalized spacial score (nSPS) is 24.0. The van der Waals surface area contributed by atoms with Crippen LogP contribution >= 0.6 is 47.9 Å². The van der Waals surface area contributed by atoms with Crippen LogP contribution in [0.25, 0.3) is 0 Å². The van der Waals surface area contributed by atoms with Gasteiger partial charge in [0, 0.05) is 0 Å². The van der Waals surface area contributed by atoms with Crippen molar-refractivity contribution in [2.75, 3.05) is 0 Å². The molecule has 8 heavy (non-hydrogen) atoms. The van der Waals surface area contributed by atoms with E-state index in [9.17, 15) is 0 Å². The summed E-state index contributed by atoms with van der Waals surface area (Å²) < 4.78 is 0. The zero-order chi connectivity index (χ0) is 5.66. The Bertz CT molecular complexity index is 34.4. The molecule has 0 spiro atoms. The monoisotopic (exact) mass is 450 g/mol. The van der Waals surface area contributed by atoms with Crippen molar-refractivity contribution >= 4 is 85.7 Å². The molecule has 0 aromatic rings. The molecule has 1 heterocycles. The van der Waals surface area contributed by atoms with Crippen molar-refractivity contribution in [3.8, 4) is 0 Å². The molecule has 0 aromatic carbocycles. The van der Waals surface area contributed by atoms with Crippen molar-refractivity contribution in [2.24, 2.45) is 0 Å².